The summed E-state index contributed by atoms with van der Waals surface area (Å²) in [6.07, 6.45) is 3.59. The number of benzene rings is 2. The zero-order valence-electron chi connectivity index (χ0n) is 16.7. The Balaban J connectivity index is 1.51. The Morgan fingerprint density at radius 1 is 1.16 bits per heavy atom. The average Bonchev–Trinajstić information content (AvgIpc) is 3.21. The standard InChI is InChI=1S/C22H22ClN3O4S/c1-2-13-25-31(28,29)15-16-7-9-17(10-8-16)26-21(27)11-12-22-24-14-20(30-22)18-5-3-4-6-19(18)23/h2-10,14,25H,1,11-13,15H2,(H,26,27). The Labute approximate surface area is 186 Å². The number of carbonyl (C=O) groups excluding carboxylic acids is 1. The molecule has 0 aliphatic rings. The zero-order valence-corrected chi connectivity index (χ0v) is 18.2. The Hall–Kier alpha value is -2.94. The van der Waals surface area contributed by atoms with Crippen LogP contribution in [0.3, 0.4) is 0 Å². The Kier molecular flexibility index (Phi) is 7.62. The highest BCUT2D eigenvalue weighted by molar-refractivity contribution is 7.88. The van der Waals surface area contributed by atoms with E-state index in [-0.39, 0.29) is 24.6 Å². The van der Waals surface area contributed by atoms with Crippen molar-refractivity contribution in [3.63, 3.8) is 0 Å². The molecule has 0 radical (unpaired) electrons. The number of anilines is 1. The summed E-state index contributed by atoms with van der Waals surface area (Å²) < 4.78 is 31.9. The Bertz CT molecular complexity index is 1160. The number of carbonyl (C=O) groups is 1. The predicted molar refractivity (Wildman–Crippen MR) is 121 cm³/mol. The van der Waals surface area contributed by atoms with E-state index in [0.29, 0.717) is 34.3 Å². The second-order valence-corrected chi connectivity index (χ2v) is 8.95. The molecule has 1 heterocycles. The molecule has 0 saturated heterocycles. The van der Waals surface area contributed by atoms with Crippen LogP contribution in [0.1, 0.15) is 17.9 Å². The van der Waals surface area contributed by atoms with Crippen LogP contribution in [0, 0.1) is 0 Å². The third kappa shape index (κ3) is 6.78. The lowest BCUT2D eigenvalue weighted by atomic mass is 10.2. The first-order chi connectivity index (χ1) is 14.9. The maximum Gasteiger partial charge on any atom is 0.224 e. The number of aryl methyl sites for hydroxylation is 1. The molecule has 2 aromatic carbocycles. The summed E-state index contributed by atoms with van der Waals surface area (Å²) in [5.74, 6) is 0.643. The van der Waals surface area contributed by atoms with Crippen molar-refractivity contribution in [3.8, 4) is 11.3 Å². The lowest BCUT2D eigenvalue weighted by molar-refractivity contribution is -0.116. The van der Waals surface area contributed by atoms with Crippen LogP contribution in [0.2, 0.25) is 5.02 Å². The van der Waals surface area contributed by atoms with Gasteiger partial charge < -0.3 is 9.73 Å². The fourth-order valence-electron chi connectivity index (χ4n) is 2.80. The van der Waals surface area contributed by atoms with Crippen LogP contribution in [0.15, 0.2) is 71.8 Å². The number of nitrogens with one attached hydrogen (secondary N) is 2. The maximum absolute atomic E-state index is 12.2. The van der Waals surface area contributed by atoms with E-state index in [4.69, 9.17) is 16.0 Å². The largest absolute Gasteiger partial charge is 0.441 e. The minimum atomic E-state index is -3.43. The van der Waals surface area contributed by atoms with Crippen molar-refractivity contribution in [1.82, 2.24) is 9.71 Å². The summed E-state index contributed by atoms with van der Waals surface area (Å²) in [7, 11) is -3.43. The van der Waals surface area contributed by atoms with Gasteiger partial charge in [-0.15, -0.1) is 6.58 Å². The molecule has 3 aromatic rings. The van der Waals surface area contributed by atoms with E-state index in [2.05, 4.69) is 21.6 Å². The van der Waals surface area contributed by atoms with Crippen molar-refractivity contribution in [2.45, 2.75) is 18.6 Å². The van der Waals surface area contributed by atoms with Gasteiger partial charge in [-0.05, 0) is 29.8 Å². The number of aromatic nitrogens is 1. The molecule has 0 bridgehead atoms. The van der Waals surface area contributed by atoms with Gasteiger partial charge in [0.25, 0.3) is 0 Å². The molecule has 0 fully saturated rings. The van der Waals surface area contributed by atoms with Crippen LogP contribution in [-0.4, -0.2) is 25.9 Å². The van der Waals surface area contributed by atoms with E-state index < -0.39 is 10.0 Å². The topological polar surface area (TPSA) is 101 Å². The van der Waals surface area contributed by atoms with E-state index >= 15 is 0 Å². The lowest BCUT2D eigenvalue weighted by Crippen LogP contribution is -2.25. The van der Waals surface area contributed by atoms with Gasteiger partial charge in [-0.25, -0.2) is 18.1 Å². The first kappa shape index (κ1) is 22.7. The van der Waals surface area contributed by atoms with Gasteiger partial charge in [0, 0.05) is 30.6 Å². The predicted octanol–water partition coefficient (Wildman–Crippen LogP) is 4.17. The number of nitrogens with zero attached hydrogens (tertiary/aromatic N) is 1. The number of amides is 1. The summed E-state index contributed by atoms with van der Waals surface area (Å²) in [4.78, 5) is 16.4. The minimum Gasteiger partial charge on any atom is -0.441 e. The van der Waals surface area contributed by atoms with Crippen LogP contribution in [0.25, 0.3) is 11.3 Å². The van der Waals surface area contributed by atoms with Crippen molar-refractivity contribution in [3.05, 3.63) is 83.9 Å². The summed E-state index contributed by atoms with van der Waals surface area (Å²) in [6, 6.07) is 13.9. The Morgan fingerprint density at radius 2 is 1.90 bits per heavy atom. The Morgan fingerprint density at radius 3 is 2.61 bits per heavy atom. The molecule has 0 saturated carbocycles. The first-order valence-electron chi connectivity index (χ1n) is 9.53. The number of hydrogen-bond acceptors (Lipinski definition) is 5. The van der Waals surface area contributed by atoms with E-state index in [1.807, 2.05) is 18.2 Å². The lowest BCUT2D eigenvalue weighted by Gasteiger charge is -2.07. The summed E-state index contributed by atoms with van der Waals surface area (Å²) in [6.45, 7) is 3.66. The molecule has 1 aromatic heterocycles. The van der Waals surface area contributed by atoms with Crippen LogP contribution in [0.5, 0.6) is 0 Å². The quantitative estimate of drug-likeness (QED) is 0.443. The van der Waals surface area contributed by atoms with Crippen LogP contribution >= 0.6 is 11.6 Å². The van der Waals surface area contributed by atoms with Gasteiger partial charge in [0.2, 0.25) is 15.9 Å². The van der Waals surface area contributed by atoms with Gasteiger partial charge in [0.15, 0.2) is 11.7 Å². The van der Waals surface area contributed by atoms with Crippen LogP contribution in [-0.2, 0) is 27.0 Å². The maximum atomic E-state index is 12.2. The second-order valence-electron chi connectivity index (χ2n) is 6.74. The highest BCUT2D eigenvalue weighted by Gasteiger charge is 2.12. The van der Waals surface area contributed by atoms with E-state index in [0.717, 1.165) is 5.56 Å². The molecule has 9 heteroatoms. The molecule has 0 spiro atoms. The van der Waals surface area contributed by atoms with E-state index in [1.54, 1.807) is 36.5 Å². The van der Waals surface area contributed by atoms with Gasteiger partial charge in [-0.1, -0.05) is 41.9 Å². The van der Waals surface area contributed by atoms with Crippen molar-refractivity contribution < 1.29 is 17.6 Å². The van der Waals surface area contributed by atoms with Gasteiger partial charge in [-0.2, -0.15) is 0 Å². The van der Waals surface area contributed by atoms with Gasteiger partial charge in [-0.3, -0.25) is 4.79 Å². The number of hydrogen-bond donors (Lipinski definition) is 2. The summed E-state index contributed by atoms with van der Waals surface area (Å²) in [5, 5.41) is 3.34. The monoisotopic (exact) mass is 459 g/mol. The molecule has 0 aliphatic carbocycles. The van der Waals surface area contributed by atoms with Crippen molar-refractivity contribution in [2.24, 2.45) is 0 Å². The highest BCUT2D eigenvalue weighted by Crippen LogP contribution is 2.28. The second kappa shape index (κ2) is 10.4. The van der Waals surface area contributed by atoms with E-state index in [9.17, 15) is 13.2 Å². The molecule has 3 rings (SSSR count). The zero-order chi connectivity index (χ0) is 22.3. The normalized spacial score (nSPS) is 11.3. The first-order valence-corrected chi connectivity index (χ1v) is 11.6. The van der Waals surface area contributed by atoms with Gasteiger partial charge >= 0.3 is 0 Å². The average molecular weight is 460 g/mol. The molecule has 1 amide bonds. The fraction of sp³-hybridized carbons (Fsp3) is 0.182. The number of rotatable bonds is 10. The molecular formula is C22H22ClN3O4S. The molecule has 31 heavy (non-hydrogen) atoms. The minimum absolute atomic E-state index is 0.146. The third-order valence-corrected chi connectivity index (χ3v) is 5.95. The molecule has 7 nitrogen and oxygen atoms in total. The molecule has 0 atom stereocenters. The number of halogens is 1. The fourth-order valence-corrected chi connectivity index (χ4v) is 4.13. The highest BCUT2D eigenvalue weighted by atomic mass is 35.5. The SMILES string of the molecule is C=CCNS(=O)(=O)Cc1ccc(NC(=O)CCc2ncc(-c3ccccc3Cl)o2)cc1. The van der Waals surface area contributed by atoms with Crippen LogP contribution < -0.4 is 10.0 Å². The van der Waals surface area contributed by atoms with Gasteiger partial charge in [0.05, 0.1) is 17.0 Å². The molecule has 2 N–H and O–H groups in total. The molecule has 162 valence electrons. The summed E-state index contributed by atoms with van der Waals surface area (Å²) in [5.41, 5.74) is 1.94. The van der Waals surface area contributed by atoms with Crippen molar-refractivity contribution in [2.75, 3.05) is 11.9 Å². The smallest absolute Gasteiger partial charge is 0.224 e. The number of oxazole rings is 1. The molecular weight excluding hydrogens is 438 g/mol. The molecule has 0 unspecified atom stereocenters. The summed E-state index contributed by atoms with van der Waals surface area (Å²) >= 11 is 6.16. The third-order valence-electron chi connectivity index (χ3n) is 4.30. The van der Waals surface area contributed by atoms with Gasteiger partial charge in [0.1, 0.15) is 0 Å². The van der Waals surface area contributed by atoms with Crippen LogP contribution in [0.4, 0.5) is 5.69 Å². The number of sulfonamides is 1. The van der Waals surface area contributed by atoms with Crippen molar-refractivity contribution >= 4 is 33.2 Å². The molecule has 0 aliphatic heterocycles. The van der Waals surface area contributed by atoms with E-state index in [1.165, 1.54) is 6.08 Å². The van der Waals surface area contributed by atoms with Crippen molar-refractivity contribution in [1.29, 1.82) is 0 Å².